The fourth-order valence-electron chi connectivity index (χ4n) is 2.94. The third-order valence-electron chi connectivity index (χ3n) is 3.90. The lowest BCUT2D eigenvalue weighted by molar-refractivity contribution is -0.109. The van der Waals surface area contributed by atoms with Crippen LogP contribution in [0.5, 0.6) is 0 Å². The van der Waals surface area contributed by atoms with Crippen molar-refractivity contribution in [3.63, 3.8) is 0 Å². The Labute approximate surface area is 112 Å². The highest BCUT2D eigenvalue weighted by Gasteiger charge is 2.40. The maximum atomic E-state index is 12.6. The molecule has 0 bridgehead atoms. The van der Waals surface area contributed by atoms with E-state index in [1.165, 1.54) is 0 Å². The summed E-state index contributed by atoms with van der Waals surface area (Å²) in [5.74, 6) is -0.664. The smallest absolute Gasteiger partial charge is 0.171 e. The van der Waals surface area contributed by atoms with Crippen LogP contribution in [0.15, 0.2) is 48.5 Å². The standard InChI is InChI=1S/C17H14O2/c1-11-6-2-3-7-12(11)16-15(10-18)13-8-4-5-9-14(13)17(16)19/h2-10,15-16H,1H3. The van der Waals surface area contributed by atoms with E-state index in [2.05, 4.69) is 0 Å². The fourth-order valence-corrected chi connectivity index (χ4v) is 2.94. The van der Waals surface area contributed by atoms with Gasteiger partial charge in [0.2, 0.25) is 0 Å². The highest BCUT2D eigenvalue weighted by atomic mass is 16.1. The number of Topliss-reactive ketones (excluding diaryl/α,β-unsaturated/α-hetero) is 1. The average molecular weight is 250 g/mol. The normalized spacial score (nSPS) is 21.2. The largest absolute Gasteiger partial charge is 0.303 e. The highest BCUT2D eigenvalue weighted by Crippen LogP contribution is 2.43. The summed E-state index contributed by atoms with van der Waals surface area (Å²) in [6, 6.07) is 15.2. The zero-order valence-electron chi connectivity index (χ0n) is 10.7. The van der Waals surface area contributed by atoms with Gasteiger partial charge in [0.15, 0.2) is 5.78 Å². The van der Waals surface area contributed by atoms with Crippen molar-refractivity contribution in [1.82, 2.24) is 0 Å². The number of fused-ring (bicyclic) bond motifs is 1. The van der Waals surface area contributed by atoms with Crippen LogP contribution in [0.1, 0.15) is 38.9 Å². The van der Waals surface area contributed by atoms with E-state index in [1.807, 2.05) is 55.5 Å². The van der Waals surface area contributed by atoms with Gasteiger partial charge in [0.25, 0.3) is 0 Å². The fraction of sp³-hybridized carbons (Fsp3) is 0.176. The van der Waals surface area contributed by atoms with E-state index in [0.29, 0.717) is 5.56 Å². The molecule has 0 radical (unpaired) electrons. The maximum absolute atomic E-state index is 12.6. The molecule has 0 aliphatic heterocycles. The Balaban J connectivity index is 2.17. The van der Waals surface area contributed by atoms with Crippen molar-refractivity contribution in [1.29, 1.82) is 0 Å². The van der Waals surface area contributed by atoms with E-state index >= 15 is 0 Å². The van der Waals surface area contributed by atoms with Gasteiger partial charge >= 0.3 is 0 Å². The van der Waals surface area contributed by atoms with Crippen molar-refractivity contribution in [2.75, 3.05) is 0 Å². The molecule has 0 spiro atoms. The number of carbonyl (C=O) groups is 2. The Morgan fingerprint density at radius 1 is 0.947 bits per heavy atom. The average Bonchev–Trinajstić information content (AvgIpc) is 2.73. The lowest BCUT2D eigenvalue weighted by Crippen LogP contribution is -2.14. The number of benzene rings is 2. The summed E-state index contributed by atoms with van der Waals surface area (Å²) in [6.45, 7) is 1.98. The predicted molar refractivity (Wildman–Crippen MR) is 73.5 cm³/mol. The molecule has 2 nitrogen and oxygen atoms in total. The van der Waals surface area contributed by atoms with Gasteiger partial charge in [-0.05, 0) is 23.6 Å². The number of rotatable bonds is 2. The van der Waals surface area contributed by atoms with E-state index in [4.69, 9.17) is 0 Å². The Morgan fingerprint density at radius 2 is 1.58 bits per heavy atom. The second-order valence-electron chi connectivity index (χ2n) is 4.95. The van der Waals surface area contributed by atoms with Gasteiger partial charge in [-0.25, -0.2) is 0 Å². The summed E-state index contributed by atoms with van der Waals surface area (Å²) in [6.07, 6.45) is 0.904. The van der Waals surface area contributed by atoms with E-state index in [9.17, 15) is 9.59 Å². The zero-order chi connectivity index (χ0) is 13.4. The first kappa shape index (κ1) is 11.8. The van der Waals surface area contributed by atoms with Gasteiger partial charge in [-0.15, -0.1) is 0 Å². The molecule has 0 heterocycles. The van der Waals surface area contributed by atoms with Crippen LogP contribution >= 0.6 is 0 Å². The molecule has 0 fully saturated rings. The molecule has 2 aromatic rings. The molecule has 0 saturated carbocycles. The summed E-state index contributed by atoms with van der Waals surface area (Å²) in [4.78, 5) is 24.0. The second kappa shape index (κ2) is 4.47. The molecule has 2 heteroatoms. The van der Waals surface area contributed by atoms with Gasteiger partial charge in [0.05, 0.1) is 11.8 Å². The number of ketones is 1. The molecule has 2 aromatic carbocycles. The Kier molecular flexibility index (Phi) is 2.79. The predicted octanol–water partition coefficient (Wildman–Crippen LogP) is 3.26. The molecule has 0 amide bonds. The molecule has 94 valence electrons. The summed E-state index contributed by atoms with van der Waals surface area (Å²) in [5.41, 5.74) is 3.56. The summed E-state index contributed by atoms with van der Waals surface area (Å²) >= 11 is 0. The SMILES string of the molecule is Cc1ccccc1C1C(=O)c2ccccc2C1C=O. The van der Waals surface area contributed by atoms with Crippen LogP contribution in [0.2, 0.25) is 0 Å². The monoisotopic (exact) mass is 250 g/mol. The Hall–Kier alpha value is -2.22. The van der Waals surface area contributed by atoms with E-state index in [0.717, 1.165) is 23.0 Å². The van der Waals surface area contributed by atoms with Crippen LogP contribution in [0.3, 0.4) is 0 Å². The van der Waals surface area contributed by atoms with Crippen LogP contribution in [0, 0.1) is 6.92 Å². The molecule has 1 aliphatic carbocycles. The molecule has 1 aliphatic rings. The Bertz CT molecular complexity index is 658. The van der Waals surface area contributed by atoms with Crippen molar-refractivity contribution >= 4 is 12.1 Å². The van der Waals surface area contributed by atoms with Crippen LogP contribution < -0.4 is 0 Å². The molecule has 2 atom stereocenters. The van der Waals surface area contributed by atoms with Crippen LogP contribution in [0.25, 0.3) is 0 Å². The van der Waals surface area contributed by atoms with Crippen molar-refractivity contribution in [3.05, 3.63) is 70.8 Å². The van der Waals surface area contributed by atoms with Gasteiger partial charge in [-0.3, -0.25) is 4.79 Å². The number of aryl methyl sites for hydroxylation is 1. The molecule has 2 unspecified atom stereocenters. The molecule has 0 N–H and O–H groups in total. The summed E-state index contributed by atoms with van der Waals surface area (Å²) in [5, 5.41) is 0. The topological polar surface area (TPSA) is 34.1 Å². The first-order valence-corrected chi connectivity index (χ1v) is 6.38. The van der Waals surface area contributed by atoms with Gasteiger partial charge in [-0.2, -0.15) is 0 Å². The van der Waals surface area contributed by atoms with Gasteiger partial charge < -0.3 is 4.79 Å². The number of hydrogen-bond donors (Lipinski definition) is 0. The number of hydrogen-bond acceptors (Lipinski definition) is 2. The van der Waals surface area contributed by atoms with Crippen LogP contribution in [-0.2, 0) is 4.79 Å². The second-order valence-corrected chi connectivity index (χ2v) is 4.95. The quantitative estimate of drug-likeness (QED) is 0.767. The molecule has 0 saturated heterocycles. The minimum Gasteiger partial charge on any atom is -0.303 e. The first-order chi connectivity index (χ1) is 9.24. The van der Waals surface area contributed by atoms with Crippen molar-refractivity contribution in [2.24, 2.45) is 0 Å². The minimum atomic E-state index is -0.365. The third kappa shape index (κ3) is 1.72. The highest BCUT2D eigenvalue weighted by molar-refractivity contribution is 6.09. The molecular weight excluding hydrogens is 236 g/mol. The zero-order valence-corrected chi connectivity index (χ0v) is 10.7. The first-order valence-electron chi connectivity index (χ1n) is 6.38. The van der Waals surface area contributed by atoms with Crippen molar-refractivity contribution < 1.29 is 9.59 Å². The maximum Gasteiger partial charge on any atom is 0.171 e. The molecule has 19 heavy (non-hydrogen) atoms. The van der Waals surface area contributed by atoms with Gasteiger partial charge in [0, 0.05) is 5.56 Å². The Morgan fingerprint density at radius 3 is 2.26 bits per heavy atom. The lowest BCUT2D eigenvalue weighted by atomic mass is 9.85. The van der Waals surface area contributed by atoms with E-state index in [1.54, 1.807) is 0 Å². The van der Waals surface area contributed by atoms with Crippen molar-refractivity contribution in [2.45, 2.75) is 18.8 Å². The van der Waals surface area contributed by atoms with E-state index in [-0.39, 0.29) is 17.6 Å². The summed E-state index contributed by atoms with van der Waals surface area (Å²) < 4.78 is 0. The summed E-state index contributed by atoms with van der Waals surface area (Å²) in [7, 11) is 0. The minimum absolute atomic E-state index is 0.0574. The number of aldehydes is 1. The van der Waals surface area contributed by atoms with Crippen molar-refractivity contribution in [3.8, 4) is 0 Å². The molecule has 3 rings (SSSR count). The van der Waals surface area contributed by atoms with Gasteiger partial charge in [0.1, 0.15) is 6.29 Å². The molecule has 0 aromatic heterocycles. The third-order valence-corrected chi connectivity index (χ3v) is 3.90. The number of carbonyl (C=O) groups excluding carboxylic acids is 2. The van der Waals surface area contributed by atoms with Crippen LogP contribution in [-0.4, -0.2) is 12.1 Å². The van der Waals surface area contributed by atoms with Gasteiger partial charge in [-0.1, -0.05) is 48.5 Å². The van der Waals surface area contributed by atoms with E-state index < -0.39 is 0 Å². The molecular formula is C17H14O2. The lowest BCUT2D eigenvalue weighted by Gasteiger charge is -2.16. The van der Waals surface area contributed by atoms with Crippen LogP contribution in [0.4, 0.5) is 0 Å².